The maximum atomic E-state index is 14.4. The molecule has 0 fully saturated rings. The molecule has 7 heteroatoms. The second-order valence-electron chi connectivity index (χ2n) is 6.61. The zero-order chi connectivity index (χ0) is 20.5. The molecular weight excluding hydrogens is 391 g/mol. The predicted molar refractivity (Wildman–Crippen MR) is 109 cm³/mol. The predicted octanol–water partition coefficient (Wildman–Crippen LogP) is 5.67. The van der Waals surface area contributed by atoms with Crippen molar-refractivity contribution in [1.29, 1.82) is 0 Å². The summed E-state index contributed by atoms with van der Waals surface area (Å²) < 4.78 is 24.4. The fourth-order valence-corrected chi connectivity index (χ4v) is 3.97. The van der Waals surface area contributed by atoms with Gasteiger partial charge in [-0.05, 0) is 77.2 Å². The monoisotopic (exact) mass is 408 g/mol. The smallest absolute Gasteiger partial charge is 0.337 e. The maximum absolute atomic E-state index is 14.4. The van der Waals surface area contributed by atoms with Crippen LogP contribution in [0.5, 0.6) is 0 Å². The topological polar surface area (TPSA) is 65.2 Å². The number of ether oxygens (including phenoxy) is 1. The highest BCUT2D eigenvalue weighted by molar-refractivity contribution is 7.08. The lowest BCUT2D eigenvalue weighted by atomic mass is 9.98. The Kier molecular flexibility index (Phi) is 4.98. The van der Waals surface area contributed by atoms with E-state index in [1.165, 1.54) is 30.4 Å². The lowest BCUT2D eigenvalue weighted by molar-refractivity contribution is 0.0600. The molecule has 0 bridgehead atoms. The number of methoxy groups -OCH3 is 1. The molecule has 0 aliphatic rings. The van der Waals surface area contributed by atoms with E-state index in [0.717, 1.165) is 22.8 Å². The van der Waals surface area contributed by atoms with Gasteiger partial charge in [-0.15, -0.1) is 0 Å². The highest BCUT2D eigenvalue weighted by Crippen LogP contribution is 2.32. The molecular formula is C22H17FN2O3S. The van der Waals surface area contributed by atoms with Crippen molar-refractivity contribution in [1.82, 2.24) is 10.1 Å². The summed E-state index contributed by atoms with van der Waals surface area (Å²) in [4.78, 5) is 15.9. The highest BCUT2D eigenvalue weighted by atomic mass is 32.1. The van der Waals surface area contributed by atoms with E-state index < -0.39 is 11.8 Å². The summed E-state index contributed by atoms with van der Waals surface area (Å²) in [5.74, 6) is -0.821. The van der Waals surface area contributed by atoms with Gasteiger partial charge < -0.3 is 9.26 Å². The Morgan fingerprint density at radius 3 is 2.48 bits per heavy atom. The fourth-order valence-electron chi connectivity index (χ4n) is 3.13. The average molecular weight is 408 g/mol. The number of hydrogen-bond donors (Lipinski definition) is 0. The van der Waals surface area contributed by atoms with Crippen LogP contribution in [0.25, 0.3) is 34.0 Å². The molecule has 4 rings (SSSR count). The summed E-state index contributed by atoms with van der Waals surface area (Å²) in [5, 5.41) is 8.14. The quantitative estimate of drug-likeness (QED) is 0.407. The molecule has 146 valence electrons. The molecule has 0 radical (unpaired) electrons. The molecule has 0 aliphatic carbocycles. The third-order valence-corrected chi connectivity index (χ3v) is 5.54. The van der Waals surface area contributed by atoms with Crippen LogP contribution >= 0.6 is 11.3 Å². The van der Waals surface area contributed by atoms with Gasteiger partial charge in [0.2, 0.25) is 5.82 Å². The van der Waals surface area contributed by atoms with Crippen molar-refractivity contribution >= 4 is 17.3 Å². The summed E-state index contributed by atoms with van der Waals surface area (Å²) in [6.07, 6.45) is 0. The summed E-state index contributed by atoms with van der Waals surface area (Å²) in [5.41, 5.74) is 5.69. The van der Waals surface area contributed by atoms with E-state index >= 15 is 0 Å². The molecule has 2 heterocycles. The van der Waals surface area contributed by atoms with E-state index in [1.807, 2.05) is 25.1 Å². The Hall–Kier alpha value is -3.32. The first-order valence-corrected chi connectivity index (χ1v) is 9.78. The largest absolute Gasteiger partial charge is 0.465 e. The van der Waals surface area contributed by atoms with Crippen LogP contribution in [0.2, 0.25) is 0 Å². The van der Waals surface area contributed by atoms with Crippen LogP contribution in [-0.2, 0) is 4.74 Å². The van der Waals surface area contributed by atoms with Crippen LogP contribution in [0.15, 0.2) is 51.7 Å². The van der Waals surface area contributed by atoms with Gasteiger partial charge in [-0.2, -0.15) is 16.3 Å². The second-order valence-corrected chi connectivity index (χ2v) is 7.35. The van der Waals surface area contributed by atoms with Gasteiger partial charge in [-0.3, -0.25) is 0 Å². The molecule has 2 aromatic heterocycles. The molecule has 0 atom stereocenters. The Morgan fingerprint density at radius 1 is 1.03 bits per heavy atom. The van der Waals surface area contributed by atoms with Crippen molar-refractivity contribution in [3.05, 3.63) is 69.7 Å². The summed E-state index contributed by atoms with van der Waals surface area (Å²) in [7, 11) is 1.24. The summed E-state index contributed by atoms with van der Waals surface area (Å²) >= 11 is 1.67. The van der Waals surface area contributed by atoms with Gasteiger partial charge in [0.25, 0.3) is 5.89 Å². The number of hydrogen-bond acceptors (Lipinski definition) is 6. The highest BCUT2D eigenvalue weighted by Gasteiger charge is 2.17. The number of nitrogens with zero attached hydrogens (tertiary/aromatic N) is 2. The van der Waals surface area contributed by atoms with Gasteiger partial charge in [0, 0.05) is 5.56 Å². The molecule has 0 saturated heterocycles. The average Bonchev–Trinajstić information content (AvgIpc) is 3.36. The molecule has 0 unspecified atom stereocenters. The van der Waals surface area contributed by atoms with E-state index in [4.69, 9.17) is 4.52 Å². The van der Waals surface area contributed by atoms with Crippen LogP contribution in [0.3, 0.4) is 0 Å². The molecule has 0 aliphatic heterocycles. The number of benzene rings is 2. The number of carbonyl (C=O) groups is 1. The first kappa shape index (κ1) is 19.0. The lowest BCUT2D eigenvalue weighted by Crippen LogP contribution is -2.02. The summed E-state index contributed by atoms with van der Waals surface area (Å²) in [6, 6.07) is 9.90. The minimum absolute atomic E-state index is 0.115. The molecule has 0 saturated carbocycles. The standard InChI is InChI=1S/C22H17FN2O3S/c1-12-8-14(4-6-16(12)18-11-29-10-13(18)2)21-24-20(25-28-21)17-7-5-15(9-19(17)23)22(26)27-3/h4-11H,1-3H3. The minimum Gasteiger partial charge on any atom is -0.465 e. The molecule has 0 N–H and O–H groups in total. The Balaban J connectivity index is 1.65. The van der Waals surface area contributed by atoms with Gasteiger partial charge in [0.05, 0.1) is 18.2 Å². The number of aryl methyl sites for hydroxylation is 2. The normalized spacial score (nSPS) is 10.9. The van der Waals surface area contributed by atoms with E-state index in [0.29, 0.717) is 5.89 Å². The van der Waals surface area contributed by atoms with Gasteiger partial charge in [0.1, 0.15) is 5.82 Å². The van der Waals surface area contributed by atoms with E-state index in [-0.39, 0.29) is 17.0 Å². The molecule has 4 aromatic rings. The third-order valence-electron chi connectivity index (χ3n) is 4.68. The maximum Gasteiger partial charge on any atom is 0.337 e. The third kappa shape index (κ3) is 3.56. The van der Waals surface area contributed by atoms with E-state index in [1.54, 1.807) is 11.3 Å². The SMILES string of the molecule is COC(=O)c1ccc(-c2noc(-c3ccc(-c4cscc4C)c(C)c3)n2)c(F)c1. The zero-order valence-corrected chi connectivity index (χ0v) is 16.8. The van der Waals surface area contributed by atoms with Gasteiger partial charge in [-0.1, -0.05) is 11.2 Å². The van der Waals surface area contributed by atoms with Gasteiger partial charge in [-0.25, -0.2) is 9.18 Å². The number of carbonyl (C=O) groups excluding carboxylic acids is 1. The number of esters is 1. The molecule has 0 spiro atoms. The Morgan fingerprint density at radius 2 is 1.83 bits per heavy atom. The molecule has 2 aromatic carbocycles. The Bertz CT molecular complexity index is 1210. The zero-order valence-electron chi connectivity index (χ0n) is 16.0. The second kappa shape index (κ2) is 7.60. The number of halogens is 1. The fraction of sp³-hybridized carbons (Fsp3) is 0.136. The lowest BCUT2D eigenvalue weighted by Gasteiger charge is -2.06. The van der Waals surface area contributed by atoms with E-state index in [2.05, 4.69) is 32.6 Å². The summed E-state index contributed by atoms with van der Waals surface area (Å²) in [6.45, 7) is 4.11. The van der Waals surface area contributed by atoms with Crippen LogP contribution in [0, 0.1) is 19.7 Å². The van der Waals surface area contributed by atoms with Crippen molar-refractivity contribution in [2.75, 3.05) is 7.11 Å². The van der Waals surface area contributed by atoms with Crippen LogP contribution in [0.1, 0.15) is 21.5 Å². The van der Waals surface area contributed by atoms with Crippen LogP contribution in [0.4, 0.5) is 4.39 Å². The van der Waals surface area contributed by atoms with Crippen molar-refractivity contribution in [3.63, 3.8) is 0 Å². The van der Waals surface area contributed by atoms with Crippen LogP contribution in [-0.4, -0.2) is 23.2 Å². The van der Waals surface area contributed by atoms with Crippen molar-refractivity contribution in [2.24, 2.45) is 0 Å². The number of rotatable bonds is 4. The molecule has 29 heavy (non-hydrogen) atoms. The van der Waals surface area contributed by atoms with Crippen molar-refractivity contribution in [3.8, 4) is 34.0 Å². The van der Waals surface area contributed by atoms with Gasteiger partial charge in [0.15, 0.2) is 0 Å². The first-order valence-electron chi connectivity index (χ1n) is 8.84. The van der Waals surface area contributed by atoms with E-state index in [9.17, 15) is 9.18 Å². The molecule has 5 nitrogen and oxygen atoms in total. The van der Waals surface area contributed by atoms with Crippen molar-refractivity contribution < 1.29 is 18.4 Å². The van der Waals surface area contributed by atoms with Crippen LogP contribution < -0.4 is 0 Å². The first-order chi connectivity index (χ1) is 14.0. The minimum atomic E-state index is -0.625. The van der Waals surface area contributed by atoms with Gasteiger partial charge >= 0.3 is 5.97 Å². The Labute approximate surface area is 170 Å². The number of aromatic nitrogens is 2. The number of thiophene rings is 1. The van der Waals surface area contributed by atoms with Crippen molar-refractivity contribution in [2.45, 2.75) is 13.8 Å². The molecule has 0 amide bonds.